The van der Waals surface area contributed by atoms with Crippen molar-refractivity contribution in [2.45, 2.75) is 43.7 Å². The molecule has 2 N–H and O–H groups in total. The molecule has 6 nitrogen and oxygen atoms in total. The third-order valence-corrected chi connectivity index (χ3v) is 3.06. The van der Waals surface area contributed by atoms with Crippen LogP contribution in [0.4, 0.5) is 0 Å². The Bertz CT molecular complexity index is 262. The Kier molecular flexibility index (Phi) is 2.98. The second-order valence-corrected chi connectivity index (χ2v) is 4.57. The minimum atomic E-state index is -1.40. The quantitative estimate of drug-likeness (QED) is 0.653. The van der Waals surface area contributed by atoms with E-state index in [1.54, 1.807) is 13.8 Å². The summed E-state index contributed by atoms with van der Waals surface area (Å²) < 4.78 is 21.5. The SMILES string of the molecule is COC1(CO)O[C@H]2COC(C)(C)O[C@H]2[C@@H]1O. The first kappa shape index (κ1) is 12.2. The molecule has 2 aliphatic rings. The zero-order valence-corrected chi connectivity index (χ0v) is 9.67. The van der Waals surface area contributed by atoms with Crippen molar-refractivity contribution in [3.63, 3.8) is 0 Å². The predicted octanol–water partition coefficient (Wildman–Crippen LogP) is -0.767. The van der Waals surface area contributed by atoms with E-state index in [0.717, 1.165) is 0 Å². The van der Waals surface area contributed by atoms with Crippen LogP contribution in [0, 0.1) is 0 Å². The van der Waals surface area contributed by atoms with Crippen molar-refractivity contribution in [3.05, 3.63) is 0 Å². The van der Waals surface area contributed by atoms with Crippen molar-refractivity contribution in [2.75, 3.05) is 20.3 Å². The van der Waals surface area contributed by atoms with Crippen LogP contribution in [0.15, 0.2) is 0 Å². The van der Waals surface area contributed by atoms with Crippen LogP contribution >= 0.6 is 0 Å². The molecule has 0 aliphatic carbocycles. The Hall–Kier alpha value is -0.240. The summed E-state index contributed by atoms with van der Waals surface area (Å²) in [6, 6.07) is 0. The molecule has 0 aromatic heterocycles. The van der Waals surface area contributed by atoms with Gasteiger partial charge in [-0.1, -0.05) is 0 Å². The van der Waals surface area contributed by atoms with Gasteiger partial charge in [0.1, 0.15) is 24.9 Å². The third kappa shape index (κ3) is 1.75. The van der Waals surface area contributed by atoms with Crippen molar-refractivity contribution in [2.24, 2.45) is 0 Å². The van der Waals surface area contributed by atoms with Crippen LogP contribution in [0.25, 0.3) is 0 Å². The minimum Gasteiger partial charge on any atom is -0.391 e. The van der Waals surface area contributed by atoms with Crippen molar-refractivity contribution < 1.29 is 29.2 Å². The summed E-state index contributed by atoms with van der Waals surface area (Å²) in [6.45, 7) is 3.41. The number of aliphatic hydroxyl groups is 2. The molecule has 6 heteroatoms. The van der Waals surface area contributed by atoms with Gasteiger partial charge in [-0.2, -0.15) is 0 Å². The number of hydrogen-bond donors (Lipinski definition) is 2. The van der Waals surface area contributed by atoms with Gasteiger partial charge in [-0.25, -0.2) is 0 Å². The van der Waals surface area contributed by atoms with Gasteiger partial charge in [-0.05, 0) is 13.8 Å². The van der Waals surface area contributed by atoms with Gasteiger partial charge in [0.2, 0.25) is 5.79 Å². The molecule has 0 bridgehead atoms. The van der Waals surface area contributed by atoms with Gasteiger partial charge in [0.15, 0.2) is 5.79 Å². The molecule has 2 saturated heterocycles. The maximum absolute atomic E-state index is 10.1. The van der Waals surface area contributed by atoms with E-state index in [4.69, 9.17) is 18.9 Å². The number of ether oxygens (including phenoxy) is 4. The van der Waals surface area contributed by atoms with Gasteiger partial charge in [0, 0.05) is 7.11 Å². The van der Waals surface area contributed by atoms with E-state index >= 15 is 0 Å². The summed E-state index contributed by atoms with van der Waals surface area (Å²) in [7, 11) is 1.38. The molecular formula is C10H18O6. The summed E-state index contributed by atoms with van der Waals surface area (Å²) in [4.78, 5) is 0. The number of methoxy groups -OCH3 is 1. The maximum atomic E-state index is 10.1. The lowest BCUT2D eigenvalue weighted by molar-refractivity contribution is -0.303. The fourth-order valence-electron chi connectivity index (χ4n) is 2.12. The molecule has 2 aliphatic heterocycles. The molecule has 0 amide bonds. The van der Waals surface area contributed by atoms with Crippen LogP contribution in [0.1, 0.15) is 13.8 Å². The number of fused-ring (bicyclic) bond motifs is 1. The van der Waals surface area contributed by atoms with Crippen LogP contribution in [-0.4, -0.2) is 60.4 Å². The lowest BCUT2D eigenvalue weighted by Crippen LogP contribution is -2.52. The summed E-state index contributed by atoms with van der Waals surface area (Å²) in [5, 5.41) is 19.3. The van der Waals surface area contributed by atoms with E-state index in [-0.39, 0.29) is 0 Å². The molecule has 16 heavy (non-hydrogen) atoms. The molecule has 0 aromatic carbocycles. The molecule has 0 aromatic rings. The second-order valence-electron chi connectivity index (χ2n) is 4.57. The fourth-order valence-corrected chi connectivity index (χ4v) is 2.12. The van der Waals surface area contributed by atoms with Crippen LogP contribution in [0.3, 0.4) is 0 Å². The van der Waals surface area contributed by atoms with E-state index in [1.807, 2.05) is 0 Å². The molecular weight excluding hydrogens is 216 g/mol. The van der Waals surface area contributed by atoms with Crippen molar-refractivity contribution >= 4 is 0 Å². The van der Waals surface area contributed by atoms with Gasteiger partial charge in [-0.3, -0.25) is 0 Å². The largest absolute Gasteiger partial charge is 0.391 e. The first-order valence-electron chi connectivity index (χ1n) is 5.28. The molecule has 0 spiro atoms. The summed E-state index contributed by atoms with van der Waals surface area (Å²) in [5.74, 6) is -2.16. The Balaban J connectivity index is 2.18. The number of aliphatic hydroxyl groups excluding tert-OH is 2. The van der Waals surface area contributed by atoms with E-state index in [9.17, 15) is 10.2 Å². The lowest BCUT2D eigenvalue weighted by atomic mass is 10.0. The van der Waals surface area contributed by atoms with Crippen molar-refractivity contribution in [3.8, 4) is 0 Å². The summed E-state index contributed by atoms with van der Waals surface area (Å²) in [5.41, 5.74) is 0. The third-order valence-electron chi connectivity index (χ3n) is 3.06. The van der Waals surface area contributed by atoms with Crippen molar-refractivity contribution in [1.29, 1.82) is 0 Å². The Labute approximate surface area is 94.1 Å². The fraction of sp³-hybridized carbons (Fsp3) is 1.00. The highest BCUT2D eigenvalue weighted by atomic mass is 16.8. The lowest BCUT2D eigenvalue weighted by Gasteiger charge is -2.37. The highest BCUT2D eigenvalue weighted by Gasteiger charge is 2.58. The van der Waals surface area contributed by atoms with Gasteiger partial charge in [0.05, 0.1) is 6.61 Å². The zero-order valence-electron chi connectivity index (χ0n) is 9.67. The van der Waals surface area contributed by atoms with E-state index in [0.29, 0.717) is 6.61 Å². The molecule has 94 valence electrons. The Morgan fingerprint density at radius 1 is 1.38 bits per heavy atom. The highest BCUT2D eigenvalue weighted by molar-refractivity contribution is 4.99. The molecule has 2 rings (SSSR count). The van der Waals surface area contributed by atoms with Crippen LogP contribution < -0.4 is 0 Å². The van der Waals surface area contributed by atoms with Gasteiger partial charge >= 0.3 is 0 Å². The minimum absolute atomic E-state index is 0.305. The molecule has 0 saturated carbocycles. The molecule has 4 atom stereocenters. The normalized spacial score (nSPS) is 46.7. The predicted molar refractivity (Wildman–Crippen MR) is 52.6 cm³/mol. The Morgan fingerprint density at radius 3 is 2.62 bits per heavy atom. The van der Waals surface area contributed by atoms with Gasteiger partial charge < -0.3 is 29.2 Å². The highest BCUT2D eigenvalue weighted by Crippen LogP contribution is 2.38. The van der Waals surface area contributed by atoms with Crippen LogP contribution in [0.5, 0.6) is 0 Å². The average molecular weight is 234 g/mol. The van der Waals surface area contributed by atoms with Crippen molar-refractivity contribution in [1.82, 2.24) is 0 Å². The average Bonchev–Trinajstić information content (AvgIpc) is 2.52. The van der Waals surface area contributed by atoms with E-state index < -0.39 is 36.5 Å². The van der Waals surface area contributed by atoms with E-state index in [1.165, 1.54) is 7.11 Å². The summed E-state index contributed by atoms with van der Waals surface area (Å²) >= 11 is 0. The second kappa shape index (κ2) is 3.90. The molecule has 2 fully saturated rings. The first-order chi connectivity index (χ1) is 7.44. The van der Waals surface area contributed by atoms with Gasteiger partial charge in [-0.15, -0.1) is 0 Å². The monoisotopic (exact) mass is 234 g/mol. The van der Waals surface area contributed by atoms with Crippen LogP contribution in [0.2, 0.25) is 0 Å². The van der Waals surface area contributed by atoms with Crippen LogP contribution in [-0.2, 0) is 18.9 Å². The zero-order chi connectivity index (χ0) is 12.0. The maximum Gasteiger partial charge on any atom is 0.221 e. The number of hydrogen-bond acceptors (Lipinski definition) is 6. The Morgan fingerprint density at radius 2 is 2.06 bits per heavy atom. The molecule has 2 heterocycles. The first-order valence-corrected chi connectivity index (χ1v) is 5.28. The molecule has 0 radical (unpaired) electrons. The number of rotatable bonds is 2. The molecule has 1 unspecified atom stereocenters. The summed E-state index contributed by atoms with van der Waals surface area (Å²) in [6.07, 6.45) is -2.00. The van der Waals surface area contributed by atoms with E-state index in [2.05, 4.69) is 0 Å². The van der Waals surface area contributed by atoms with Gasteiger partial charge in [0.25, 0.3) is 0 Å². The topological polar surface area (TPSA) is 77.4 Å². The standard InChI is InChI=1S/C10H18O6/c1-9(2)14-4-6-7(16-9)8(12)10(5-11,13-3)15-6/h6-8,11-12H,4-5H2,1-3H3/t6-,7+,8-,10?/m0/s1. The smallest absolute Gasteiger partial charge is 0.221 e.